The molecular formula is C16H24N4O2S. The minimum absolute atomic E-state index is 0.564. The van der Waals surface area contributed by atoms with E-state index in [2.05, 4.69) is 34.3 Å². The number of aromatic amines is 1. The number of piperazine rings is 1. The lowest BCUT2D eigenvalue weighted by Gasteiger charge is -2.35. The predicted molar refractivity (Wildman–Crippen MR) is 92.6 cm³/mol. The molecule has 0 saturated carbocycles. The van der Waals surface area contributed by atoms with Gasteiger partial charge < -0.3 is 9.88 Å². The molecule has 0 amide bonds. The van der Waals surface area contributed by atoms with Crippen LogP contribution in [-0.4, -0.2) is 73.7 Å². The summed E-state index contributed by atoms with van der Waals surface area (Å²) in [4.78, 5) is 5.64. The second kappa shape index (κ2) is 6.60. The lowest BCUT2D eigenvalue weighted by atomic mass is 10.1. The third kappa shape index (κ3) is 3.42. The zero-order chi connectivity index (χ0) is 16.4. The molecule has 0 unspecified atom stereocenters. The molecule has 2 aromatic rings. The number of para-hydroxylation sites is 1. The number of nitrogens with one attached hydrogen (secondary N) is 1. The van der Waals surface area contributed by atoms with Crippen LogP contribution in [0.15, 0.2) is 30.5 Å². The molecule has 1 aliphatic rings. The van der Waals surface area contributed by atoms with Gasteiger partial charge in [0.15, 0.2) is 0 Å². The smallest absolute Gasteiger partial charge is 0.281 e. The third-order valence-electron chi connectivity index (χ3n) is 4.49. The molecule has 3 rings (SSSR count). The van der Waals surface area contributed by atoms with E-state index in [1.807, 2.05) is 6.07 Å². The van der Waals surface area contributed by atoms with Crippen molar-refractivity contribution in [2.45, 2.75) is 6.42 Å². The van der Waals surface area contributed by atoms with Crippen LogP contribution in [0.3, 0.4) is 0 Å². The molecule has 0 bridgehead atoms. The second-order valence-corrected chi connectivity index (χ2v) is 8.28. The molecule has 1 N–H and O–H groups in total. The van der Waals surface area contributed by atoms with E-state index >= 15 is 0 Å². The van der Waals surface area contributed by atoms with Gasteiger partial charge in [-0.2, -0.15) is 17.0 Å². The molecule has 7 heteroatoms. The quantitative estimate of drug-likeness (QED) is 0.891. The van der Waals surface area contributed by atoms with Crippen molar-refractivity contribution in [1.29, 1.82) is 0 Å². The van der Waals surface area contributed by atoms with Crippen molar-refractivity contribution in [2.75, 3.05) is 46.8 Å². The molecule has 0 spiro atoms. The van der Waals surface area contributed by atoms with Crippen LogP contribution >= 0.6 is 0 Å². The van der Waals surface area contributed by atoms with Crippen LogP contribution in [0.25, 0.3) is 10.9 Å². The average Bonchev–Trinajstić information content (AvgIpc) is 2.96. The maximum Gasteiger partial charge on any atom is 0.281 e. The summed E-state index contributed by atoms with van der Waals surface area (Å²) in [5.41, 5.74) is 2.49. The van der Waals surface area contributed by atoms with Gasteiger partial charge in [-0.1, -0.05) is 18.2 Å². The summed E-state index contributed by atoms with van der Waals surface area (Å²) < 4.78 is 27.1. The number of nitrogens with zero attached hydrogens (tertiary/aromatic N) is 3. The Balaban J connectivity index is 1.55. The van der Waals surface area contributed by atoms with Gasteiger partial charge in [-0.25, -0.2) is 0 Å². The molecule has 1 aromatic heterocycles. The Hall–Kier alpha value is -1.41. The maximum atomic E-state index is 12.1. The molecular weight excluding hydrogens is 312 g/mol. The molecule has 1 fully saturated rings. The van der Waals surface area contributed by atoms with E-state index < -0.39 is 10.2 Å². The lowest BCUT2D eigenvalue weighted by molar-refractivity contribution is 0.185. The molecule has 1 saturated heterocycles. The fourth-order valence-corrected chi connectivity index (χ4v) is 4.12. The Labute approximate surface area is 137 Å². The lowest BCUT2D eigenvalue weighted by Crippen LogP contribution is -2.51. The van der Waals surface area contributed by atoms with Crippen molar-refractivity contribution in [1.82, 2.24) is 18.5 Å². The van der Waals surface area contributed by atoms with Crippen molar-refractivity contribution in [2.24, 2.45) is 0 Å². The second-order valence-electron chi connectivity index (χ2n) is 6.14. The molecule has 23 heavy (non-hydrogen) atoms. The van der Waals surface area contributed by atoms with Gasteiger partial charge in [0, 0.05) is 63.9 Å². The minimum Gasteiger partial charge on any atom is -0.361 e. The topological polar surface area (TPSA) is 59.7 Å². The fraction of sp³-hybridized carbons (Fsp3) is 0.500. The van der Waals surface area contributed by atoms with E-state index in [9.17, 15) is 8.42 Å². The SMILES string of the molecule is CN(C)S(=O)(=O)N1CCN(CCc2c[nH]c3ccccc23)CC1. The maximum absolute atomic E-state index is 12.1. The molecule has 126 valence electrons. The summed E-state index contributed by atoms with van der Waals surface area (Å²) in [6, 6.07) is 8.32. The first-order valence-electron chi connectivity index (χ1n) is 7.93. The van der Waals surface area contributed by atoms with E-state index in [1.165, 1.54) is 20.8 Å². The predicted octanol–water partition coefficient (Wildman–Crippen LogP) is 1.13. The Morgan fingerprint density at radius 1 is 1.13 bits per heavy atom. The molecule has 2 heterocycles. The Kier molecular flexibility index (Phi) is 4.72. The Bertz CT molecular complexity index is 761. The normalized spacial score (nSPS) is 18.0. The molecule has 1 aliphatic heterocycles. The standard InChI is InChI=1S/C16H24N4O2S/c1-18(2)23(21,22)20-11-9-19(10-12-20)8-7-14-13-17-16-6-4-3-5-15(14)16/h3-6,13,17H,7-12H2,1-2H3. The highest BCUT2D eigenvalue weighted by molar-refractivity contribution is 7.86. The van der Waals surface area contributed by atoms with Gasteiger partial charge in [-0.3, -0.25) is 0 Å². The zero-order valence-corrected chi connectivity index (χ0v) is 14.5. The van der Waals surface area contributed by atoms with Crippen LogP contribution in [0.2, 0.25) is 0 Å². The van der Waals surface area contributed by atoms with Gasteiger partial charge >= 0.3 is 0 Å². The van der Waals surface area contributed by atoms with Gasteiger partial charge in [0.25, 0.3) is 10.2 Å². The van der Waals surface area contributed by atoms with E-state index in [1.54, 1.807) is 18.4 Å². The summed E-state index contributed by atoms with van der Waals surface area (Å²) >= 11 is 0. The van der Waals surface area contributed by atoms with Crippen molar-refractivity contribution in [3.05, 3.63) is 36.0 Å². The van der Waals surface area contributed by atoms with Crippen LogP contribution in [0.4, 0.5) is 0 Å². The Morgan fingerprint density at radius 3 is 2.52 bits per heavy atom. The van der Waals surface area contributed by atoms with Crippen LogP contribution in [0.5, 0.6) is 0 Å². The first-order chi connectivity index (χ1) is 11.0. The van der Waals surface area contributed by atoms with Crippen LogP contribution in [-0.2, 0) is 16.6 Å². The van der Waals surface area contributed by atoms with Crippen molar-refractivity contribution < 1.29 is 8.42 Å². The minimum atomic E-state index is -3.28. The molecule has 1 aromatic carbocycles. The zero-order valence-electron chi connectivity index (χ0n) is 13.7. The van der Waals surface area contributed by atoms with Gasteiger partial charge in [-0.15, -0.1) is 0 Å². The molecule has 0 aliphatic carbocycles. The summed E-state index contributed by atoms with van der Waals surface area (Å²) in [7, 11) is -0.111. The highest BCUT2D eigenvalue weighted by Crippen LogP contribution is 2.18. The van der Waals surface area contributed by atoms with E-state index in [-0.39, 0.29) is 0 Å². The highest BCUT2D eigenvalue weighted by atomic mass is 32.2. The fourth-order valence-electron chi connectivity index (χ4n) is 3.03. The monoisotopic (exact) mass is 336 g/mol. The van der Waals surface area contributed by atoms with Crippen molar-refractivity contribution >= 4 is 21.1 Å². The number of hydrogen-bond acceptors (Lipinski definition) is 3. The number of benzene rings is 1. The van der Waals surface area contributed by atoms with Crippen molar-refractivity contribution in [3.63, 3.8) is 0 Å². The molecule has 0 radical (unpaired) electrons. The molecule has 0 atom stereocenters. The average molecular weight is 336 g/mol. The molecule has 6 nitrogen and oxygen atoms in total. The first kappa shape index (κ1) is 16.4. The number of fused-ring (bicyclic) bond motifs is 1. The van der Waals surface area contributed by atoms with Gasteiger partial charge in [0.05, 0.1) is 0 Å². The van der Waals surface area contributed by atoms with Crippen molar-refractivity contribution in [3.8, 4) is 0 Å². The largest absolute Gasteiger partial charge is 0.361 e. The van der Waals surface area contributed by atoms with E-state index in [4.69, 9.17) is 0 Å². The van der Waals surface area contributed by atoms with Crippen LogP contribution in [0.1, 0.15) is 5.56 Å². The van der Waals surface area contributed by atoms with E-state index in [0.717, 1.165) is 26.1 Å². The first-order valence-corrected chi connectivity index (χ1v) is 9.33. The summed E-state index contributed by atoms with van der Waals surface area (Å²) in [6.07, 6.45) is 3.06. The van der Waals surface area contributed by atoms with Crippen LogP contribution in [0, 0.1) is 0 Å². The third-order valence-corrected chi connectivity index (χ3v) is 6.43. The number of aromatic nitrogens is 1. The van der Waals surface area contributed by atoms with Crippen LogP contribution < -0.4 is 0 Å². The Morgan fingerprint density at radius 2 is 1.83 bits per heavy atom. The summed E-state index contributed by atoms with van der Waals surface area (Å²) in [5, 5.41) is 1.28. The van der Waals surface area contributed by atoms with E-state index in [0.29, 0.717) is 13.1 Å². The van der Waals surface area contributed by atoms with Gasteiger partial charge in [-0.05, 0) is 18.1 Å². The number of hydrogen-bond donors (Lipinski definition) is 1. The number of rotatable bonds is 5. The summed E-state index contributed by atoms with van der Waals surface area (Å²) in [6.45, 7) is 3.66. The van der Waals surface area contributed by atoms with Gasteiger partial charge in [0.2, 0.25) is 0 Å². The summed E-state index contributed by atoms with van der Waals surface area (Å²) in [5.74, 6) is 0. The van der Waals surface area contributed by atoms with Gasteiger partial charge in [0.1, 0.15) is 0 Å². The highest BCUT2D eigenvalue weighted by Gasteiger charge is 2.28. The number of H-pyrrole nitrogens is 1.